The Hall–Kier alpha value is -1.35. The van der Waals surface area contributed by atoms with E-state index in [2.05, 4.69) is 5.32 Å². The van der Waals surface area contributed by atoms with Crippen molar-refractivity contribution in [3.8, 4) is 5.75 Å². The van der Waals surface area contributed by atoms with Crippen molar-refractivity contribution >= 4 is 27.5 Å². The van der Waals surface area contributed by atoms with Gasteiger partial charge in [0.1, 0.15) is 10.6 Å². The summed E-state index contributed by atoms with van der Waals surface area (Å²) in [5, 5.41) is 3.20. The molecule has 9 heteroatoms. The van der Waals surface area contributed by atoms with E-state index in [9.17, 15) is 13.2 Å². The number of carbonyl (C=O) groups is 1. The van der Waals surface area contributed by atoms with Gasteiger partial charge in [-0.2, -0.15) is 4.31 Å². The number of hydrogen-bond donors (Lipinski definition) is 1. The topological polar surface area (TPSA) is 79.0 Å². The highest BCUT2D eigenvalue weighted by Gasteiger charge is 2.36. The molecular formula is C16H22ClN3O4S. The third kappa shape index (κ3) is 3.76. The Labute approximate surface area is 152 Å². The van der Waals surface area contributed by atoms with Gasteiger partial charge >= 0.3 is 0 Å². The van der Waals surface area contributed by atoms with Gasteiger partial charge in [-0.3, -0.25) is 4.79 Å². The van der Waals surface area contributed by atoms with Crippen molar-refractivity contribution in [2.75, 3.05) is 39.8 Å². The molecule has 25 heavy (non-hydrogen) atoms. The number of piperazine rings is 1. The molecule has 1 aromatic rings. The lowest BCUT2D eigenvalue weighted by Gasteiger charge is -2.40. The van der Waals surface area contributed by atoms with Gasteiger partial charge in [-0.1, -0.05) is 11.6 Å². The highest BCUT2D eigenvalue weighted by atomic mass is 35.5. The molecule has 138 valence electrons. The molecule has 1 amide bonds. The molecule has 0 spiro atoms. The maximum absolute atomic E-state index is 13.1. The molecule has 2 fully saturated rings. The number of benzene rings is 1. The van der Waals surface area contributed by atoms with E-state index in [-0.39, 0.29) is 21.9 Å². The van der Waals surface area contributed by atoms with Gasteiger partial charge in [0.2, 0.25) is 15.9 Å². The summed E-state index contributed by atoms with van der Waals surface area (Å²) < 4.78 is 32.7. The van der Waals surface area contributed by atoms with Crippen LogP contribution in [0.25, 0.3) is 0 Å². The van der Waals surface area contributed by atoms with Crippen molar-refractivity contribution in [2.45, 2.75) is 23.8 Å². The lowest BCUT2D eigenvalue weighted by Crippen LogP contribution is -2.57. The van der Waals surface area contributed by atoms with Crippen LogP contribution in [0.4, 0.5) is 0 Å². The van der Waals surface area contributed by atoms with Crippen LogP contribution in [0.15, 0.2) is 23.1 Å². The molecule has 0 bridgehead atoms. The number of nitrogens with one attached hydrogen (secondary N) is 1. The van der Waals surface area contributed by atoms with E-state index in [0.29, 0.717) is 38.3 Å². The molecule has 7 nitrogen and oxygen atoms in total. The second-order valence-electron chi connectivity index (χ2n) is 6.22. The molecule has 2 aliphatic heterocycles. The molecule has 1 atom stereocenters. The molecule has 0 saturated carbocycles. The molecule has 2 heterocycles. The van der Waals surface area contributed by atoms with Crippen LogP contribution < -0.4 is 10.1 Å². The number of amides is 1. The lowest BCUT2D eigenvalue weighted by atomic mass is 10.1. The number of methoxy groups -OCH3 is 1. The normalized spacial score (nSPS) is 22.9. The van der Waals surface area contributed by atoms with Crippen molar-refractivity contribution in [2.24, 2.45) is 0 Å². The molecular weight excluding hydrogens is 366 g/mol. The zero-order valence-corrected chi connectivity index (χ0v) is 15.6. The van der Waals surface area contributed by atoms with Crippen LogP contribution in [0.1, 0.15) is 12.8 Å². The number of piperidine rings is 1. The average Bonchev–Trinajstić information content (AvgIpc) is 2.62. The Bertz CT molecular complexity index is 756. The zero-order chi connectivity index (χ0) is 18.0. The third-order valence-corrected chi connectivity index (χ3v) is 7.03. The molecule has 2 saturated heterocycles. The summed E-state index contributed by atoms with van der Waals surface area (Å²) in [5.41, 5.74) is 0. The van der Waals surface area contributed by atoms with Crippen molar-refractivity contribution in [1.29, 1.82) is 0 Å². The minimum atomic E-state index is -3.75. The first-order valence-corrected chi connectivity index (χ1v) is 10.1. The fraction of sp³-hybridized carbons (Fsp3) is 0.562. The summed E-state index contributed by atoms with van der Waals surface area (Å²) in [6, 6.07) is 4.49. The van der Waals surface area contributed by atoms with Gasteiger partial charge in [0.25, 0.3) is 0 Å². The molecule has 2 aliphatic rings. The van der Waals surface area contributed by atoms with Crippen molar-refractivity contribution in [1.82, 2.24) is 14.5 Å². The number of rotatable bonds is 4. The third-order valence-electron chi connectivity index (χ3n) is 4.68. The fourth-order valence-corrected chi connectivity index (χ4v) is 5.35. The average molecular weight is 388 g/mol. The summed E-state index contributed by atoms with van der Waals surface area (Å²) in [4.78, 5) is 14.0. The van der Waals surface area contributed by atoms with Crippen molar-refractivity contribution in [3.05, 3.63) is 23.2 Å². The Morgan fingerprint density at radius 2 is 2.12 bits per heavy atom. The Morgan fingerprint density at radius 3 is 2.84 bits per heavy atom. The molecule has 0 aliphatic carbocycles. The second-order valence-corrected chi connectivity index (χ2v) is 8.53. The first-order chi connectivity index (χ1) is 11.9. The van der Waals surface area contributed by atoms with Crippen LogP contribution >= 0.6 is 11.6 Å². The van der Waals surface area contributed by atoms with Crippen molar-refractivity contribution < 1.29 is 17.9 Å². The van der Waals surface area contributed by atoms with Crippen LogP contribution in [0.3, 0.4) is 0 Å². The Balaban J connectivity index is 1.84. The molecule has 0 aromatic heterocycles. The van der Waals surface area contributed by atoms with Gasteiger partial charge < -0.3 is 15.0 Å². The van der Waals surface area contributed by atoms with Gasteiger partial charge in [0, 0.05) is 38.3 Å². The Morgan fingerprint density at radius 1 is 1.32 bits per heavy atom. The first kappa shape index (κ1) is 18.4. The summed E-state index contributed by atoms with van der Waals surface area (Å²) in [7, 11) is -2.27. The van der Waals surface area contributed by atoms with Crippen LogP contribution in [0, 0.1) is 0 Å². The predicted octanol–water partition coefficient (Wildman–Crippen LogP) is 0.933. The number of sulfonamides is 1. The summed E-state index contributed by atoms with van der Waals surface area (Å²) in [5.74, 6) is 0.462. The molecule has 1 aromatic carbocycles. The number of carbonyl (C=O) groups excluding carboxylic acids is 1. The van der Waals surface area contributed by atoms with Gasteiger partial charge in [-0.25, -0.2) is 8.42 Å². The van der Waals surface area contributed by atoms with Gasteiger partial charge in [0.15, 0.2) is 0 Å². The summed E-state index contributed by atoms with van der Waals surface area (Å²) in [6.45, 7) is 2.37. The monoisotopic (exact) mass is 387 g/mol. The smallest absolute Gasteiger partial charge is 0.244 e. The van der Waals surface area contributed by atoms with Crippen LogP contribution in [0.2, 0.25) is 5.02 Å². The highest BCUT2D eigenvalue weighted by Crippen LogP contribution is 2.30. The highest BCUT2D eigenvalue weighted by molar-refractivity contribution is 7.89. The predicted molar refractivity (Wildman–Crippen MR) is 94.4 cm³/mol. The maximum atomic E-state index is 13.1. The SMILES string of the molecule is COc1ccc(Cl)c(S(=O)(=O)N2CCCC(N3CCNCC3=O)C2)c1. The standard InChI is InChI=1S/C16H22ClN3O4S/c1-24-13-4-5-14(17)15(9-13)25(22,23)19-7-2-3-12(11-19)20-8-6-18-10-16(20)21/h4-5,9,12,18H,2-3,6-8,10-11H2,1H3. The Kier molecular flexibility index (Phi) is 5.52. The van der Waals surface area contributed by atoms with Crippen LogP contribution in [-0.2, 0) is 14.8 Å². The van der Waals surface area contributed by atoms with Gasteiger partial charge in [-0.15, -0.1) is 0 Å². The molecule has 1 unspecified atom stereocenters. The minimum absolute atomic E-state index is 0.0231. The molecule has 0 radical (unpaired) electrons. The van der Waals surface area contributed by atoms with E-state index in [1.807, 2.05) is 0 Å². The van der Waals surface area contributed by atoms with Crippen LogP contribution in [0.5, 0.6) is 5.75 Å². The molecule has 1 N–H and O–H groups in total. The number of hydrogen-bond acceptors (Lipinski definition) is 5. The van der Waals surface area contributed by atoms with Crippen molar-refractivity contribution in [3.63, 3.8) is 0 Å². The van der Waals surface area contributed by atoms with E-state index < -0.39 is 10.0 Å². The van der Waals surface area contributed by atoms with Gasteiger partial charge in [-0.05, 0) is 25.0 Å². The van der Waals surface area contributed by atoms with E-state index in [1.165, 1.54) is 23.5 Å². The maximum Gasteiger partial charge on any atom is 0.244 e. The number of ether oxygens (including phenoxy) is 1. The quantitative estimate of drug-likeness (QED) is 0.831. The van der Waals surface area contributed by atoms with E-state index in [1.54, 1.807) is 11.0 Å². The van der Waals surface area contributed by atoms with Crippen LogP contribution in [-0.4, -0.2) is 69.4 Å². The lowest BCUT2D eigenvalue weighted by molar-refractivity contribution is -0.135. The van der Waals surface area contributed by atoms with E-state index in [4.69, 9.17) is 16.3 Å². The number of halogens is 1. The van der Waals surface area contributed by atoms with E-state index in [0.717, 1.165) is 13.0 Å². The summed E-state index contributed by atoms with van der Waals surface area (Å²) in [6.07, 6.45) is 1.52. The fourth-order valence-electron chi connectivity index (χ4n) is 3.35. The zero-order valence-electron chi connectivity index (χ0n) is 14.1. The van der Waals surface area contributed by atoms with E-state index >= 15 is 0 Å². The second kappa shape index (κ2) is 7.49. The first-order valence-electron chi connectivity index (χ1n) is 8.27. The largest absolute Gasteiger partial charge is 0.497 e. The van der Waals surface area contributed by atoms with Gasteiger partial charge in [0.05, 0.1) is 18.7 Å². The minimum Gasteiger partial charge on any atom is -0.497 e. The number of nitrogens with zero attached hydrogens (tertiary/aromatic N) is 2. The summed E-state index contributed by atoms with van der Waals surface area (Å²) >= 11 is 6.13. The molecule has 3 rings (SSSR count).